The van der Waals surface area contributed by atoms with Gasteiger partial charge in [0.25, 0.3) is 0 Å². The molecule has 112 valence electrons. The Bertz CT molecular complexity index is 490. The number of carbonyl (C=O) groups excluding carboxylic acids is 1. The summed E-state index contributed by atoms with van der Waals surface area (Å²) in [5.74, 6) is 0. The monoisotopic (exact) mass is 308 g/mol. The van der Waals surface area contributed by atoms with E-state index in [-0.39, 0.29) is 11.2 Å². The Labute approximate surface area is 118 Å². The van der Waals surface area contributed by atoms with Crippen LogP contribution >= 0.6 is 11.3 Å². The van der Waals surface area contributed by atoms with Gasteiger partial charge in [0.1, 0.15) is 0 Å². The van der Waals surface area contributed by atoms with Gasteiger partial charge in [-0.25, -0.2) is 9.78 Å². The zero-order valence-corrected chi connectivity index (χ0v) is 11.9. The Morgan fingerprint density at radius 3 is 2.75 bits per heavy atom. The molecule has 20 heavy (non-hydrogen) atoms. The molecule has 0 spiro atoms. The molecule has 1 aliphatic heterocycles. The van der Waals surface area contributed by atoms with Crippen LogP contribution in [0.2, 0.25) is 0 Å². The quantitative estimate of drug-likeness (QED) is 0.866. The van der Waals surface area contributed by atoms with Gasteiger partial charge in [-0.3, -0.25) is 5.32 Å². The molecule has 1 aliphatic rings. The first-order chi connectivity index (χ1) is 9.27. The van der Waals surface area contributed by atoms with Crippen LogP contribution in [0.5, 0.6) is 0 Å². The minimum absolute atomic E-state index is 0.01000. The number of amides is 2. The van der Waals surface area contributed by atoms with Gasteiger partial charge in [0.2, 0.25) is 0 Å². The second kappa shape index (κ2) is 5.57. The summed E-state index contributed by atoms with van der Waals surface area (Å²) in [5.41, 5.74) is -0.982. The summed E-state index contributed by atoms with van der Waals surface area (Å²) in [6, 6.07) is -0.399. The number of rotatable bonds is 1. The Hall–Kier alpha value is -1.35. The molecule has 0 bridgehead atoms. The van der Waals surface area contributed by atoms with Gasteiger partial charge < -0.3 is 9.80 Å². The number of urea groups is 1. The molecule has 1 unspecified atom stereocenters. The van der Waals surface area contributed by atoms with Gasteiger partial charge in [-0.05, 0) is 14.0 Å². The fourth-order valence-corrected chi connectivity index (χ4v) is 2.77. The second-order valence-electron chi connectivity index (χ2n) is 4.77. The molecule has 1 N–H and O–H groups in total. The highest BCUT2D eigenvalue weighted by Crippen LogP contribution is 2.31. The first kappa shape index (κ1) is 15.0. The molecule has 0 aromatic carbocycles. The Kier molecular flexibility index (Phi) is 4.19. The Morgan fingerprint density at radius 1 is 1.50 bits per heavy atom. The average molecular weight is 308 g/mol. The molecule has 2 rings (SSSR count). The number of likely N-dealkylation sites (N-methyl/N-ethyl adjacent to an activating group) is 1. The number of halogens is 3. The number of thiazole rings is 1. The van der Waals surface area contributed by atoms with Gasteiger partial charge in [-0.1, -0.05) is 0 Å². The number of nitrogens with one attached hydrogen (secondary N) is 1. The summed E-state index contributed by atoms with van der Waals surface area (Å²) < 4.78 is 37.2. The number of piperazine rings is 1. The highest BCUT2D eigenvalue weighted by molar-refractivity contribution is 7.13. The topological polar surface area (TPSA) is 48.5 Å². The van der Waals surface area contributed by atoms with Crippen molar-refractivity contribution in [3.8, 4) is 0 Å². The second-order valence-corrected chi connectivity index (χ2v) is 5.63. The molecule has 1 atom stereocenters. The third-order valence-electron chi connectivity index (χ3n) is 3.10. The van der Waals surface area contributed by atoms with Crippen molar-refractivity contribution in [1.82, 2.24) is 14.8 Å². The van der Waals surface area contributed by atoms with Gasteiger partial charge in [-0.2, -0.15) is 13.2 Å². The molecule has 2 amide bonds. The van der Waals surface area contributed by atoms with Crippen LogP contribution < -0.4 is 5.32 Å². The molecule has 2 heterocycles. The summed E-state index contributed by atoms with van der Waals surface area (Å²) in [4.78, 5) is 19.1. The van der Waals surface area contributed by atoms with E-state index in [1.165, 1.54) is 0 Å². The maximum Gasteiger partial charge on any atom is 0.434 e. The standard InChI is InChI=1S/C11H15F3N4OS/c1-7-5-17(2)3-4-18(7)10(19)16-9-15-8(6-20-9)11(12,13)14/h6-7H,3-5H2,1-2H3,(H,15,16,19). The summed E-state index contributed by atoms with van der Waals surface area (Å²) >= 11 is 0.770. The van der Waals surface area contributed by atoms with E-state index in [4.69, 9.17) is 0 Å². The van der Waals surface area contributed by atoms with Crippen molar-refractivity contribution in [1.29, 1.82) is 0 Å². The van der Waals surface area contributed by atoms with Crippen LogP contribution in [0.4, 0.5) is 23.1 Å². The summed E-state index contributed by atoms with van der Waals surface area (Å²) in [6.45, 7) is 3.92. The Balaban J connectivity index is 1.99. The number of aromatic nitrogens is 1. The van der Waals surface area contributed by atoms with Gasteiger partial charge in [0, 0.05) is 31.1 Å². The number of nitrogens with zero attached hydrogens (tertiary/aromatic N) is 3. The van der Waals surface area contributed by atoms with Crippen LogP contribution in [0.1, 0.15) is 12.6 Å². The minimum Gasteiger partial charge on any atom is -0.319 e. The predicted octanol–water partition coefficient (Wildman–Crippen LogP) is 2.33. The van der Waals surface area contributed by atoms with Crippen LogP contribution in [-0.2, 0) is 6.18 Å². The molecule has 1 saturated heterocycles. The lowest BCUT2D eigenvalue weighted by Gasteiger charge is -2.37. The average Bonchev–Trinajstić information content (AvgIpc) is 2.76. The van der Waals surface area contributed by atoms with E-state index in [2.05, 4.69) is 15.2 Å². The molecule has 1 fully saturated rings. The zero-order valence-electron chi connectivity index (χ0n) is 11.1. The predicted molar refractivity (Wildman–Crippen MR) is 69.8 cm³/mol. The maximum absolute atomic E-state index is 12.4. The van der Waals surface area contributed by atoms with Crippen molar-refractivity contribution in [2.24, 2.45) is 0 Å². The number of hydrogen-bond acceptors (Lipinski definition) is 4. The van der Waals surface area contributed by atoms with Crippen molar-refractivity contribution < 1.29 is 18.0 Å². The molecule has 1 aromatic heterocycles. The lowest BCUT2D eigenvalue weighted by atomic mass is 10.2. The first-order valence-electron chi connectivity index (χ1n) is 6.06. The third-order valence-corrected chi connectivity index (χ3v) is 3.86. The van der Waals surface area contributed by atoms with E-state index in [9.17, 15) is 18.0 Å². The van der Waals surface area contributed by atoms with E-state index in [1.54, 1.807) is 4.90 Å². The summed E-state index contributed by atoms with van der Waals surface area (Å²) in [5, 5.41) is 3.28. The van der Waals surface area contributed by atoms with Crippen LogP contribution in [0.15, 0.2) is 5.38 Å². The van der Waals surface area contributed by atoms with E-state index in [0.717, 1.165) is 29.8 Å². The normalized spacial score (nSPS) is 21.1. The highest BCUT2D eigenvalue weighted by atomic mass is 32.1. The fraction of sp³-hybridized carbons (Fsp3) is 0.636. The maximum atomic E-state index is 12.4. The molecule has 5 nitrogen and oxygen atoms in total. The lowest BCUT2D eigenvalue weighted by molar-refractivity contribution is -0.140. The highest BCUT2D eigenvalue weighted by Gasteiger charge is 2.34. The molecule has 1 aromatic rings. The van der Waals surface area contributed by atoms with Gasteiger partial charge in [-0.15, -0.1) is 11.3 Å². The smallest absolute Gasteiger partial charge is 0.319 e. The van der Waals surface area contributed by atoms with Crippen LogP contribution in [0.25, 0.3) is 0 Å². The van der Waals surface area contributed by atoms with E-state index in [0.29, 0.717) is 6.54 Å². The van der Waals surface area contributed by atoms with Crippen LogP contribution in [0, 0.1) is 0 Å². The third kappa shape index (κ3) is 3.40. The van der Waals surface area contributed by atoms with Crippen molar-refractivity contribution in [2.75, 3.05) is 32.0 Å². The molecule has 9 heteroatoms. The fourth-order valence-electron chi connectivity index (χ4n) is 2.07. The first-order valence-corrected chi connectivity index (χ1v) is 6.94. The van der Waals surface area contributed by atoms with Crippen molar-refractivity contribution >= 4 is 22.5 Å². The van der Waals surface area contributed by atoms with Crippen molar-refractivity contribution in [2.45, 2.75) is 19.1 Å². The van der Waals surface area contributed by atoms with Crippen molar-refractivity contribution in [3.63, 3.8) is 0 Å². The SMILES string of the molecule is CC1CN(C)CCN1C(=O)Nc1nc(C(F)(F)F)cs1. The number of hydrogen-bond donors (Lipinski definition) is 1. The number of alkyl halides is 3. The number of carbonyl (C=O) groups is 1. The molecule has 0 saturated carbocycles. The van der Waals surface area contributed by atoms with Gasteiger partial charge in [0.05, 0.1) is 0 Å². The van der Waals surface area contributed by atoms with Gasteiger partial charge >= 0.3 is 12.2 Å². The zero-order chi connectivity index (χ0) is 14.9. The largest absolute Gasteiger partial charge is 0.434 e. The van der Waals surface area contributed by atoms with E-state index >= 15 is 0 Å². The summed E-state index contributed by atoms with van der Waals surface area (Å²) in [6.07, 6.45) is -4.49. The minimum atomic E-state index is -4.49. The molecular formula is C11H15F3N4OS. The van der Waals surface area contributed by atoms with Crippen molar-refractivity contribution in [3.05, 3.63) is 11.1 Å². The molecule has 0 radical (unpaired) electrons. The Morgan fingerprint density at radius 2 is 2.20 bits per heavy atom. The molecule has 0 aliphatic carbocycles. The van der Waals surface area contributed by atoms with Crippen LogP contribution in [0.3, 0.4) is 0 Å². The molecular weight excluding hydrogens is 293 g/mol. The van der Waals surface area contributed by atoms with E-state index in [1.807, 2.05) is 14.0 Å². The van der Waals surface area contributed by atoms with Crippen LogP contribution in [-0.4, -0.2) is 53.5 Å². The van der Waals surface area contributed by atoms with Gasteiger partial charge in [0.15, 0.2) is 10.8 Å². The number of anilines is 1. The summed E-state index contributed by atoms with van der Waals surface area (Å²) in [7, 11) is 1.96. The lowest BCUT2D eigenvalue weighted by Crippen LogP contribution is -2.53. The van der Waals surface area contributed by atoms with E-state index < -0.39 is 17.9 Å².